The lowest BCUT2D eigenvalue weighted by Crippen LogP contribution is -2.56. The van der Waals surface area contributed by atoms with Crippen LogP contribution in [0.25, 0.3) is 0 Å². The van der Waals surface area contributed by atoms with Crippen molar-refractivity contribution in [3.8, 4) is 5.75 Å². The Balaban J connectivity index is 1.73. The molecule has 0 bridgehead atoms. The summed E-state index contributed by atoms with van der Waals surface area (Å²) in [7, 11) is 0. The fraction of sp³-hybridized carbons (Fsp3) is 0.667. The van der Waals surface area contributed by atoms with Gasteiger partial charge in [0.2, 0.25) is 0 Å². The first-order chi connectivity index (χ1) is 10.1. The van der Waals surface area contributed by atoms with E-state index in [4.69, 9.17) is 4.74 Å². The van der Waals surface area contributed by atoms with Gasteiger partial charge in [-0.3, -0.25) is 4.90 Å². The number of ether oxygens (including phenoxy) is 1. The Morgan fingerprint density at radius 2 is 2.19 bits per heavy atom. The zero-order valence-electron chi connectivity index (χ0n) is 13.6. The van der Waals surface area contributed by atoms with Crippen molar-refractivity contribution in [2.24, 2.45) is 0 Å². The topological polar surface area (TPSA) is 24.5 Å². The monoisotopic (exact) mass is 288 g/mol. The van der Waals surface area contributed by atoms with Crippen molar-refractivity contribution >= 4 is 5.69 Å². The minimum Gasteiger partial charge on any atom is -0.491 e. The molecule has 2 aliphatic rings. The first-order valence-electron chi connectivity index (χ1n) is 8.35. The smallest absolute Gasteiger partial charge is 0.124 e. The van der Waals surface area contributed by atoms with Crippen molar-refractivity contribution in [3.63, 3.8) is 0 Å². The molecule has 116 valence electrons. The molecule has 1 saturated heterocycles. The number of nitrogens with one attached hydrogen (secondary N) is 1. The van der Waals surface area contributed by atoms with Crippen LogP contribution in [0.5, 0.6) is 5.75 Å². The molecule has 3 heteroatoms. The third kappa shape index (κ3) is 2.89. The van der Waals surface area contributed by atoms with Crippen LogP contribution < -0.4 is 10.1 Å². The van der Waals surface area contributed by atoms with Crippen molar-refractivity contribution in [2.75, 3.05) is 25.0 Å². The first kappa shape index (κ1) is 14.7. The third-order valence-electron chi connectivity index (χ3n) is 5.04. The Hall–Kier alpha value is -1.22. The quantitative estimate of drug-likeness (QED) is 0.914. The lowest BCUT2D eigenvalue weighted by atomic mass is 9.88. The van der Waals surface area contributed by atoms with Crippen molar-refractivity contribution in [1.82, 2.24) is 4.90 Å². The second-order valence-electron chi connectivity index (χ2n) is 6.99. The average molecular weight is 288 g/mol. The summed E-state index contributed by atoms with van der Waals surface area (Å²) in [5.41, 5.74) is 2.77. The molecule has 1 unspecified atom stereocenters. The fourth-order valence-corrected chi connectivity index (χ4v) is 3.92. The van der Waals surface area contributed by atoms with E-state index in [0.29, 0.717) is 6.04 Å². The van der Waals surface area contributed by atoms with Crippen LogP contribution in [0.15, 0.2) is 18.2 Å². The fourth-order valence-electron chi connectivity index (χ4n) is 3.92. The van der Waals surface area contributed by atoms with Gasteiger partial charge in [0.05, 0.1) is 5.54 Å². The average Bonchev–Trinajstić information content (AvgIpc) is 2.94. The highest BCUT2D eigenvalue weighted by Gasteiger charge is 2.36. The maximum atomic E-state index is 6.29. The SMILES string of the molecule is CC(C)N1CCCCC1(C)COc1cccc2c1CCN2. The maximum absolute atomic E-state index is 6.29. The molecule has 3 rings (SSSR count). The lowest BCUT2D eigenvalue weighted by molar-refractivity contribution is -0.00158. The van der Waals surface area contributed by atoms with Gasteiger partial charge in [0, 0.05) is 23.8 Å². The van der Waals surface area contributed by atoms with E-state index >= 15 is 0 Å². The van der Waals surface area contributed by atoms with Gasteiger partial charge in [0.25, 0.3) is 0 Å². The van der Waals surface area contributed by atoms with E-state index in [9.17, 15) is 0 Å². The van der Waals surface area contributed by atoms with Crippen molar-refractivity contribution in [2.45, 2.75) is 58.0 Å². The first-order valence-corrected chi connectivity index (χ1v) is 8.35. The van der Waals surface area contributed by atoms with Crippen LogP contribution in [0, 0.1) is 0 Å². The predicted molar refractivity (Wildman–Crippen MR) is 88.2 cm³/mol. The number of nitrogens with zero attached hydrogens (tertiary/aromatic N) is 1. The molecule has 1 N–H and O–H groups in total. The van der Waals surface area contributed by atoms with Gasteiger partial charge in [-0.05, 0) is 58.7 Å². The van der Waals surface area contributed by atoms with E-state index < -0.39 is 0 Å². The zero-order chi connectivity index (χ0) is 14.9. The van der Waals surface area contributed by atoms with E-state index in [2.05, 4.69) is 49.2 Å². The zero-order valence-corrected chi connectivity index (χ0v) is 13.6. The molecular formula is C18H28N2O. The molecule has 2 aliphatic heterocycles. The normalized spacial score (nSPS) is 25.7. The standard InChI is InChI=1S/C18H28N2O/c1-14(2)20-12-5-4-10-18(20,3)13-21-17-8-6-7-16-15(17)9-11-19-16/h6-8,14,19H,4-5,9-13H2,1-3H3. The molecule has 1 fully saturated rings. The highest BCUT2D eigenvalue weighted by atomic mass is 16.5. The van der Waals surface area contributed by atoms with Crippen LogP contribution in [0.1, 0.15) is 45.6 Å². The van der Waals surface area contributed by atoms with Gasteiger partial charge in [-0.15, -0.1) is 0 Å². The van der Waals surface area contributed by atoms with E-state index in [1.165, 1.54) is 37.1 Å². The van der Waals surface area contributed by atoms with Gasteiger partial charge >= 0.3 is 0 Å². The summed E-state index contributed by atoms with van der Waals surface area (Å²) in [6, 6.07) is 6.95. The molecule has 0 radical (unpaired) electrons. The summed E-state index contributed by atoms with van der Waals surface area (Å²) >= 11 is 0. The van der Waals surface area contributed by atoms with E-state index in [-0.39, 0.29) is 5.54 Å². The molecule has 0 amide bonds. The summed E-state index contributed by atoms with van der Waals surface area (Å²) in [6.07, 6.45) is 4.95. The highest BCUT2D eigenvalue weighted by molar-refractivity contribution is 5.61. The molecule has 3 nitrogen and oxygen atoms in total. The number of piperidine rings is 1. The molecule has 2 heterocycles. The second-order valence-corrected chi connectivity index (χ2v) is 6.99. The predicted octanol–water partition coefficient (Wildman–Crippen LogP) is 3.69. The van der Waals surface area contributed by atoms with E-state index in [1.54, 1.807) is 0 Å². The summed E-state index contributed by atoms with van der Waals surface area (Å²) in [5, 5.41) is 3.42. The number of rotatable bonds is 4. The van der Waals surface area contributed by atoms with Gasteiger partial charge in [-0.1, -0.05) is 12.5 Å². The Morgan fingerprint density at radius 1 is 1.33 bits per heavy atom. The van der Waals surface area contributed by atoms with Crippen LogP contribution >= 0.6 is 0 Å². The minimum atomic E-state index is 0.168. The molecule has 21 heavy (non-hydrogen) atoms. The van der Waals surface area contributed by atoms with Crippen molar-refractivity contribution in [3.05, 3.63) is 23.8 Å². The van der Waals surface area contributed by atoms with Gasteiger partial charge < -0.3 is 10.1 Å². The van der Waals surface area contributed by atoms with Gasteiger partial charge in [-0.2, -0.15) is 0 Å². The van der Waals surface area contributed by atoms with E-state index in [1.807, 2.05) is 0 Å². The Bertz CT molecular complexity index is 500. The van der Waals surface area contributed by atoms with Crippen LogP contribution in [0.3, 0.4) is 0 Å². The summed E-state index contributed by atoms with van der Waals surface area (Å²) in [6.45, 7) is 9.99. The third-order valence-corrected chi connectivity index (χ3v) is 5.04. The van der Waals surface area contributed by atoms with Crippen LogP contribution in [-0.2, 0) is 6.42 Å². The number of benzene rings is 1. The number of hydrogen-bond donors (Lipinski definition) is 1. The molecule has 0 saturated carbocycles. The highest BCUT2D eigenvalue weighted by Crippen LogP contribution is 2.34. The number of hydrogen-bond acceptors (Lipinski definition) is 3. The molecule has 1 atom stereocenters. The van der Waals surface area contributed by atoms with Crippen molar-refractivity contribution in [1.29, 1.82) is 0 Å². The molecule has 0 aliphatic carbocycles. The summed E-state index contributed by atoms with van der Waals surface area (Å²) in [5.74, 6) is 1.08. The summed E-state index contributed by atoms with van der Waals surface area (Å²) in [4.78, 5) is 2.62. The number of likely N-dealkylation sites (tertiary alicyclic amines) is 1. The second kappa shape index (κ2) is 5.88. The largest absolute Gasteiger partial charge is 0.491 e. The van der Waals surface area contributed by atoms with Crippen LogP contribution in [0.2, 0.25) is 0 Å². The lowest BCUT2D eigenvalue weighted by Gasteiger charge is -2.47. The van der Waals surface area contributed by atoms with Crippen LogP contribution in [-0.4, -0.2) is 36.2 Å². The molecule has 0 aromatic heterocycles. The number of fused-ring (bicyclic) bond motifs is 1. The maximum Gasteiger partial charge on any atom is 0.124 e. The molecule has 1 aromatic rings. The van der Waals surface area contributed by atoms with Crippen molar-refractivity contribution < 1.29 is 4.74 Å². The molecule has 1 aromatic carbocycles. The Labute approximate surface area is 128 Å². The van der Waals surface area contributed by atoms with E-state index in [0.717, 1.165) is 25.3 Å². The number of anilines is 1. The van der Waals surface area contributed by atoms with Gasteiger partial charge in [-0.25, -0.2) is 0 Å². The molecular weight excluding hydrogens is 260 g/mol. The Kier molecular flexibility index (Phi) is 4.12. The van der Waals surface area contributed by atoms with Gasteiger partial charge in [0.15, 0.2) is 0 Å². The Morgan fingerprint density at radius 3 is 3.00 bits per heavy atom. The summed E-state index contributed by atoms with van der Waals surface area (Å²) < 4.78 is 6.29. The molecule has 0 spiro atoms. The van der Waals surface area contributed by atoms with Gasteiger partial charge in [0.1, 0.15) is 12.4 Å². The van der Waals surface area contributed by atoms with Crippen LogP contribution in [0.4, 0.5) is 5.69 Å². The minimum absolute atomic E-state index is 0.168.